The molecule has 0 amide bonds. The Kier molecular flexibility index (Phi) is 22.4. The van der Waals surface area contributed by atoms with Crippen molar-refractivity contribution in [1.82, 2.24) is 0 Å². The Labute approximate surface area is 202 Å². The summed E-state index contributed by atoms with van der Waals surface area (Å²) in [4.78, 5) is 33.9. The zero-order valence-electron chi connectivity index (χ0n) is 21.7. The highest BCUT2D eigenvalue weighted by Gasteiger charge is 2.17. The molecule has 0 fully saturated rings. The molecule has 33 heavy (non-hydrogen) atoms. The number of carbonyl (C=O) groups excluding carboxylic acids is 3. The molecule has 0 rings (SSSR count). The molecule has 0 heterocycles. The van der Waals surface area contributed by atoms with E-state index in [0.29, 0.717) is 6.42 Å². The molecule has 0 N–H and O–H groups in total. The van der Waals surface area contributed by atoms with Gasteiger partial charge in [0.2, 0.25) is 0 Å². The molecule has 0 saturated carbocycles. The van der Waals surface area contributed by atoms with Crippen molar-refractivity contribution in [3.05, 3.63) is 0 Å². The van der Waals surface area contributed by atoms with Gasteiger partial charge in [-0.25, -0.2) is 0 Å². The van der Waals surface area contributed by atoms with Crippen molar-refractivity contribution in [2.75, 3.05) is 13.2 Å². The van der Waals surface area contributed by atoms with Gasteiger partial charge in [0.05, 0.1) is 0 Å². The number of esters is 3. The van der Waals surface area contributed by atoms with Crippen LogP contribution in [0.15, 0.2) is 0 Å². The summed E-state index contributed by atoms with van der Waals surface area (Å²) < 4.78 is 15.0. The molecule has 0 atom stereocenters. The van der Waals surface area contributed by atoms with Crippen LogP contribution < -0.4 is 0 Å². The summed E-state index contributed by atoms with van der Waals surface area (Å²) in [6, 6.07) is 0. The van der Waals surface area contributed by atoms with Crippen LogP contribution in [0.3, 0.4) is 0 Å². The Morgan fingerprint density at radius 3 is 1.21 bits per heavy atom. The van der Waals surface area contributed by atoms with Crippen LogP contribution in [0.2, 0.25) is 0 Å². The number of rotatable bonds is 23. The van der Waals surface area contributed by atoms with Gasteiger partial charge in [0.25, 0.3) is 0 Å². The lowest BCUT2D eigenvalue weighted by Crippen LogP contribution is -2.30. The zero-order valence-corrected chi connectivity index (χ0v) is 21.7. The van der Waals surface area contributed by atoms with E-state index in [-0.39, 0.29) is 19.2 Å². The molecule has 0 aromatic rings. The van der Waals surface area contributed by atoms with E-state index < -0.39 is 18.0 Å². The standard InChI is InChI=1S/C27H50O6/c1-4-5-6-7-8-9-10-11-12-13-14-15-16-17-18-19-20-21-27(30)33-26(22-31-24(2)28)23-32-25(3)29/h26H,4-23H2,1-3H3. The van der Waals surface area contributed by atoms with Crippen LogP contribution in [0.4, 0.5) is 0 Å². The van der Waals surface area contributed by atoms with Gasteiger partial charge in [0.1, 0.15) is 13.2 Å². The van der Waals surface area contributed by atoms with Gasteiger partial charge in [0.15, 0.2) is 6.10 Å². The minimum atomic E-state index is -0.754. The first-order chi connectivity index (χ1) is 16.0. The highest BCUT2D eigenvalue weighted by molar-refractivity contribution is 5.70. The topological polar surface area (TPSA) is 78.9 Å². The minimum absolute atomic E-state index is 0.104. The molecule has 0 saturated heterocycles. The van der Waals surface area contributed by atoms with E-state index in [1.54, 1.807) is 0 Å². The Balaban J connectivity index is 3.52. The summed E-state index contributed by atoms with van der Waals surface area (Å²) in [7, 11) is 0. The molecule has 6 nitrogen and oxygen atoms in total. The van der Waals surface area contributed by atoms with Crippen LogP contribution in [-0.2, 0) is 28.6 Å². The van der Waals surface area contributed by atoms with E-state index in [4.69, 9.17) is 14.2 Å². The van der Waals surface area contributed by atoms with Crippen molar-refractivity contribution in [2.45, 2.75) is 142 Å². The number of hydrogen-bond acceptors (Lipinski definition) is 6. The van der Waals surface area contributed by atoms with E-state index in [2.05, 4.69) is 6.92 Å². The van der Waals surface area contributed by atoms with E-state index in [9.17, 15) is 14.4 Å². The molecule has 0 aliphatic rings. The molecule has 0 bridgehead atoms. The van der Waals surface area contributed by atoms with Crippen molar-refractivity contribution in [3.8, 4) is 0 Å². The van der Waals surface area contributed by atoms with Crippen LogP contribution >= 0.6 is 0 Å². The van der Waals surface area contributed by atoms with Gasteiger partial charge in [-0.1, -0.05) is 110 Å². The Morgan fingerprint density at radius 2 is 0.879 bits per heavy atom. The maximum Gasteiger partial charge on any atom is 0.306 e. The largest absolute Gasteiger partial charge is 0.462 e. The maximum absolute atomic E-state index is 12.0. The van der Waals surface area contributed by atoms with Crippen LogP contribution in [0, 0.1) is 0 Å². The molecule has 6 heteroatoms. The normalized spacial score (nSPS) is 10.9. The van der Waals surface area contributed by atoms with E-state index >= 15 is 0 Å². The second kappa shape index (κ2) is 23.6. The molecule has 0 spiro atoms. The average molecular weight is 471 g/mol. The number of hydrogen-bond donors (Lipinski definition) is 0. The third-order valence-electron chi connectivity index (χ3n) is 5.73. The van der Waals surface area contributed by atoms with E-state index in [1.165, 1.54) is 104 Å². The van der Waals surface area contributed by atoms with Crippen molar-refractivity contribution in [3.63, 3.8) is 0 Å². The second-order valence-corrected chi connectivity index (χ2v) is 9.12. The lowest BCUT2D eigenvalue weighted by molar-refractivity contribution is -0.165. The molecule has 0 radical (unpaired) electrons. The summed E-state index contributed by atoms with van der Waals surface area (Å²) in [6.45, 7) is 4.62. The summed E-state index contributed by atoms with van der Waals surface area (Å²) in [6.07, 6.45) is 21.6. The van der Waals surface area contributed by atoms with Crippen LogP contribution in [0.5, 0.6) is 0 Å². The highest BCUT2D eigenvalue weighted by atomic mass is 16.6. The number of carbonyl (C=O) groups is 3. The van der Waals surface area contributed by atoms with E-state index in [1.807, 2.05) is 0 Å². The van der Waals surface area contributed by atoms with Gasteiger partial charge in [-0.2, -0.15) is 0 Å². The highest BCUT2D eigenvalue weighted by Crippen LogP contribution is 2.14. The first kappa shape index (κ1) is 31.4. The molecule has 0 aliphatic heterocycles. The molecule has 0 aromatic carbocycles. The maximum atomic E-state index is 12.0. The lowest BCUT2D eigenvalue weighted by atomic mass is 10.0. The molecule has 0 aliphatic carbocycles. The summed E-state index contributed by atoms with van der Waals surface area (Å²) >= 11 is 0. The Hall–Kier alpha value is -1.59. The summed E-state index contributed by atoms with van der Waals surface area (Å²) in [5, 5.41) is 0. The van der Waals surface area contributed by atoms with Gasteiger partial charge in [-0.3, -0.25) is 14.4 Å². The van der Waals surface area contributed by atoms with Gasteiger partial charge < -0.3 is 14.2 Å². The van der Waals surface area contributed by atoms with Crippen LogP contribution in [0.1, 0.15) is 136 Å². The fraction of sp³-hybridized carbons (Fsp3) is 0.889. The summed E-state index contributed by atoms with van der Waals surface area (Å²) in [5.41, 5.74) is 0. The number of unbranched alkanes of at least 4 members (excludes halogenated alkanes) is 16. The van der Waals surface area contributed by atoms with Gasteiger partial charge in [-0.15, -0.1) is 0 Å². The lowest BCUT2D eigenvalue weighted by Gasteiger charge is -2.17. The monoisotopic (exact) mass is 470 g/mol. The molecule has 0 unspecified atom stereocenters. The first-order valence-electron chi connectivity index (χ1n) is 13.4. The summed E-state index contributed by atoms with van der Waals surface area (Å²) in [5.74, 6) is -1.28. The SMILES string of the molecule is CCCCCCCCCCCCCCCCCCCC(=O)OC(COC(C)=O)COC(C)=O. The third-order valence-corrected chi connectivity index (χ3v) is 5.73. The van der Waals surface area contributed by atoms with Gasteiger partial charge in [0, 0.05) is 20.3 Å². The smallest absolute Gasteiger partial charge is 0.306 e. The molecule has 0 aromatic heterocycles. The van der Waals surface area contributed by atoms with Crippen LogP contribution in [-0.4, -0.2) is 37.2 Å². The molecular formula is C27H50O6. The van der Waals surface area contributed by atoms with Gasteiger partial charge >= 0.3 is 17.9 Å². The minimum Gasteiger partial charge on any atom is -0.462 e. The predicted octanol–water partition coefficient (Wildman–Crippen LogP) is 7.07. The number of ether oxygens (including phenoxy) is 3. The zero-order chi connectivity index (χ0) is 24.6. The second-order valence-electron chi connectivity index (χ2n) is 9.12. The Morgan fingerprint density at radius 1 is 0.545 bits per heavy atom. The quantitative estimate of drug-likeness (QED) is 0.0903. The fourth-order valence-corrected chi connectivity index (χ4v) is 3.78. The predicted molar refractivity (Wildman–Crippen MR) is 132 cm³/mol. The average Bonchev–Trinajstić information content (AvgIpc) is 2.77. The van der Waals surface area contributed by atoms with Crippen molar-refractivity contribution in [1.29, 1.82) is 0 Å². The molecule has 194 valence electrons. The van der Waals surface area contributed by atoms with E-state index in [0.717, 1.165) is 19.3 Å². The van der Waals surface area contributed by atoms with Crippen molar-refractivity contribution >= 4 is 17.9 Å². The van der Waals surface area contributed by atoms with Crippen molar-refractivity contribution in [2.24, 2.45) is 0 Å². The third kappa shape index (κ3) is 24.9. The molecular weight excluding hydrogens is 420 g/mol. The van der Waals surface area contributed by atoms with Crippen molar-refractivity contribution < 1.29 is 28.6 Å². The van der Waals surface area contributed by atoms with Crippen LogP contribution in [0.25, 0.3) is 0 Å². The Bertz CT molecular complexity index is 473. The van der Waals surface area contributed by atoms with Gasteiger partial charge in [-0.05, 0) is 6.42 Å². The fourth-order valence-electron chi connectivity index (χ4n) is 3.78. The first-order valence-corrected chi connectivity index (χ1v) is 13.4.